The third kappa shape index (κ3) is 2.16. The van der Waals surface area contributed by atoms with Crippen LogP contribution in [-0.2, 0) is 3.83 Å². The van der Waals surface area contributed by atoms with Gasteiger partial charge in [0.1, 0.15) is 0 Å². The van der Waals surface area contributed by atoms with Gasteiger partial charge < -0.3 is 0 Å². The van der Waals surface area contributed by atoms with Crippen molar-refractivity contribution in [2.75, 3.05) is 0 Å². The van der Waals surface area contributed by atoms with Crippen molar-refractivity contribution in [3.05, 3.63) is 30.1 Å². The molecule has 0 amide bonds. The van der Waals surface area contributed by atoms with Crippen molar-refractivity contribution in [2.45, 2.75) is 0 Å². The van der Waals surface area contributed by atoms with Gasteiger partial charge in [-0.2, -0.15) is 0 Å². The van der Waals surface area contributed by atoms with Crippen molar-refractivity contribution < 1.29 is 16.6 Å². The Morgan fingerprint density at radius 3 is 2.36 bits per heavy atom. The molecule has 1 rings (SSSR count). The minimum atomic E-state index is -4.87. The molecule has 0 saturated carbocycles. The van der Waals surface area contributed by atoms with Crippen molar-refractivity contribution in [1.82, 2.24) is 0 Å². The molecule has 0 atom stereocenters. The summed E-state index contributed by atoms with van der Waals surface area (Å²) in [5.41, 5.74) is 0. The van der Waals surface area contributed by atoms with Crippen LogP contribution in [0.4, 0.5) is 4.39 Å². The van der Waals surface area contributed by atoms with E-state index in [1.807, 2.05) is 0 Å². The zero-order chi connectivity index (χ0) is 8.48. The van der Waals surface area contributed by atoms with E-state index in [0.717, 1.165) is 12.1 Å². The van der Waals surface area contributed by atoms with Gasteiger partial charge in [0.15, 0.2) is 0 Å². The van der Waals surface area contributed by atoms with Crippen LogP contribution in [0.3, 0.4) is 0 Å². The van der Waals surface area contributed by atoms with Crippen LogP contribution in [0.1, 0.15) is 0 Å². The molecule has 0 fully saturated rings. The summed E-state index contributed by atoms with van der Waals surface area (Å²) in [6.45, 7) is 0. The molecule has 0 aliphatic heterocycles. The van der Waals surface area contributed by atoms with Gasteiger partial charge in [-0.25, -0.2) is 0 Å². The summed E-state index contributed by atoms with van der Waals surface area (Å²) in [6.07, 6.45) is 0. The molecule has 0 aliphatic rings. The fourth-order valence-electron chi connectivity index (χ4n) is 0.657. The zero-order valence-electron chi connectivity index (χ0n) is 5.44. The second kappa shape index (κ2) is 2.79. The molecular formula is C6H7FO3Se. The predicted molar refractivity (Wildman–Crippen MR) is 38.3 cm³/mol. The first-order chi connectivity index (χ1) is 5.00. The molecule has 0 aromatic heterocycles. The van der Waals surface area contributed by atoms with Crippen LogP contribution < -0.4 is 4.46 Å². The molecule has 0 aliphatic carbocycles. The van der Waals surface area contributed by atoms with Gasteiger partial charge in [0, 0.05) is 0 Å². The number of hydrogen-bond acceptors (Lipinski definition) is 1. The van der Waals surface area contributed by atoms with Gasteiger partial charge in [0.2, 0.25) is 0 Å². The summed E-state index contributed by atoms with van der Waals surface area (Å²) < 4.78 is 39.9. The fourth-order valence-corrected chi connectivity index (χ4v) is 1.86. The molecule has 0 radical (unpaired) electrons. The molecule has 11 heavy (non-hydrogen) atoms. The molecule has 1 aromatic carbocycles. The van der Waals surface area contributed by atoms with Crippen molar-refractivity contribution in [2.24, 2.45) is 0 Å². The van der Waals surface area contributed by atoms with Gasteiger partial charge in [0.25, 0.3) is 0 Å². The summed E-state index contributed by atoms with van der Waals surface area (Å²) in [6, 6.07) is 4.46. The Morgan fingerprint density at radius 1 is 1.36 bits per heavy atom. The molecule has 5 heteroatoms. The molecule has 62 valence electrons. The first-order valence-corrected chi connectivity index (χ1v) is 6.20. The molecule has 0 unspecified atom stereocenters. The summed E-state index contributed by atoms with van der Waals surface area (Å²) in [4.78, 5) is 0. The van der Waals surface area contributed by atoms with E-state index in [9.17, 15) is 8.23 Å². The Morgan fingerprint density at radius 2 is 2.00 bits per heavy atom. The summed E-state index contributed by atoms with van der Waals surface area (Å²) >= 11 is -4.87. The number of hydrogen-bond donors (Lipinski definition) is 2. The van der Waals surface area contributed by atoms with E-state index in [2.05, 4.69) is 0 Å². The van der Waals surface area contributed by atoms with Crippen LogP contribution >= 0.6 is 0 Å². The van der Waals surface area contributed by atoms with Crippen LogP contribution in [-0.4, -0.2) is 21.8 Å². The Kier molecular flexibility index (Phi) is 2.15. The molecule has 0 saturated heterocycles. The van der Waals surface area contributed by atoms with Crippen molar-refractivity contribution >= 4 is 17.9 Å². The standard InChI is InChI=1S/C6H7FO3Se/c7-5-2-1-3-6(4-5)11(8,9)10/h1-4,11H,(H2,8,9,10). The van der Waals surface area contributed by atoms with Crippen LogP contribution in [0, 0.1) is 5.82 Å². The first kappa shape index (κ1) is 8.49. The predicted octanol–water partition coefficient (Wildman–Crippen LogP) is -0.881. The van der Waals surface area contributed by atoms with Crippen LogP contribution in [0.5, 0.6) is 0 Å². The van der Waals surface area contributed by atoms with Crippen LogP contribution in [0.2, 0.25) is 0 Å². The first-order valence-electron chi connectivity index (χ1n) is 2.82. The third-order valence-corrected chi connectivity index (χ3v) is 3.14. The van der Waals surface area contributed by atoms with E-state index < -0.39 is 19.3 Å². The van der Waals surface area contributed by atoms with Gasteiger partial charge in [-0.3, -0.25) is 0 Å². The molecular weight excluding hydrogens is 218 g/mol. The molecule has 3 nitrogen and oxygen atoms in total. The SMILES string of the molecule is O=[SeH](O)(O)c1cccc(F)c1. The van der Waals surface area contributed by atoms with Crippen LogP contribution in [0.15, 0.2) is 24.3 Å². The Hall–Kier alpha value is -0.611. The van der Waals surface area contributed by atoms with Gasteiger partial charge in [-0.15, -0.1) is 0 Å². The second-order valence-electron chi connectivity index (χ2n) is 2.02. The van der Waals surface area contributed by atoms with Gasteiger partial charge in [-0.1, -0.05) is 0 Å². The van der Waals surface area contributed by atoms with Crippen molar-refractivity contribution in [3.8, 4) is 0 Å². The van der Waals surface area contributed by atoms with Crippen molar-refractivity contribution in [1.29, 1.82) is 0 Å². The average Bonchev–Trinajstić information content (AvgIpc) is 1.86. The monoisotopic (exact) mass is 226 g/mol. The van der Waals surface area contributed by atoms with E-state index in [-0.39, 0.29) is 4.46 Å². The quantitative estimate of drug-likeness (QED) is 0.610. The molecule has 1 aromatic rings. The zero-order valence-corrected chi connectivity index (χ0v) is 7.31. The number of rotatable bonds is 1. The summed E-state index contributed by atoms with van der Waals surface area (Å²) in [5.74, 6) is -0.632. The molecule has 0 bridgehead atoms. The summed E-state index contributed by atoms with van der Waals surface area (Å²) in [5, 5.41) is 0. The average molecular weight is 225 g/mol. The van der Waals surface area contributed by atoms with Gasteiger partial charge in [-0.05, 0) is 0 Å². The number of halogens is 1. The minimum absolute atomic E-state index is 0.233. The van der Waals surface area contributed by atoms with E-state index in [0.29, 0.717) is 0 Å². The van der Waals surface area contributed by atoms with E-state index in [1.54, 1.807) is 0 Å². The normalized spacial score (nSPS) is 13.0. The van der Waals surface area contributed by atoms with Gasteiger partial charge >= 0.3 is 64.6 Å². The van der Waals surface area contributed by atoms with E-state index >= 15 is 0 Å². The maximum absolute atomic E-state index is 12.4. The van der Waals surface area contributed by atoms with Crippen molar-refractivity contribution in [3.63, 3.8) is 0 Å². The van der Waals surface area contributed by atoms with Gasteiger partial charge in [0.05, 0.1) is 0 Å². The van der Waals surface area contributed by atoms with Crippen LogP contribution in [0.25, 0.3) is 0 Å². The summed E-state index contributed by atoms with van der Waals surface area (Å²) in [7, 11) is 0. The second-order valence-corrected chi connectivity index (χ2v) is 5.39. The van der Waals surface area contributed by atoms with E-state index in [1.165, 1.54) is 12.1 Å². The Bertz CT molecular complexity index is 306. The fraction of sp³-hybridized carbons (Fsp3) is 0. The molecule has 2 N–H and O–H groups in total. The Balaban J connectivity index is 3.17. The van der Waals surface area contributed by atoms with E-state index in [4.69, 9.17) is 8.38 Å². The third-order valence-electron chi connectivity index (χ3n) is 1.14. The molecule has 0 spiro atoms. The molecule has 0 heterocycles. The maximum atomic E-state index is 12.4. The Labute approximate surface area is 65.2 Å². The topological polar surface area (TPSA) is 57.5 Å². The number of benzene rings is 1.